The van der Waals surface area contributed by atoms with Gasteiger partial charge in [-0.1, -0.05) is 29.8 Å². The molecule has 0 spiro atoms. The van der Waals surface area contributed by atoms with E-state index in [2.05, 4.69) is 31.2 Å². The summed E-state index contributed by atoms with van der Waals surface area (Å²) in [5.41, 5.74) is 2.51. The van der Waals surface area contributed by atoms with E-state index in [0.717, 1.165) is 13.2 Å². The van der Waals surface area contributed by atoms with Crippen molar-refractivity contribution >= 4 is 0 Å². The molecule has 1 aromatic carbocycles. The summed E-state index contributed by atoms with van der Waals surface area (Å²) in [5.74, 6) is 0. The normalized spacial score (nSPS) is 20.2. The first-order valence-corrected chi connectivity index (χ1v) is 4.59. The van der Waals surface area contributed by atoms with E-state index in [1.54, 1.807) is 0 Å². The molecule has 2 heteroatoms. The van der Waals surface area contributed by atoms with Gasteiger partial charge in [0.25, 0.3) is 0 Å². The molecule has 0 radical (unpaired) electrons. The second-order valence-corrected chi connectivity index (χ2v) is 3.46. The van der Waals surface area contributed by atoms with Crippen LogP contribution in [0.4, 0.5) is 0 Å². The maximum atomic E-state index is 5.46. The van der Waals surface area contributed by atoms with Crippen molar-refractivity contribution < 1.29 is 9.47 Å². The number of rotatable bonds is 4. The van der Waals surface area contributed by atoms with Gasteiger partial charge in [0.2, 0.25) is 0 Å². The molecule has 1 aliphatic rings. The van der Waals surface area contributed by atoms with E-state index in [4.69, 9.17) is 9.47 Å². The van der Waals surface area contributed by atoms with Crippen LogP contribution >= 0.6 is 0 Å². The Morgan fingerprint density at radius 3 is 2.69 bits per heavy atom. The minimum absolute atomic E-state index is 0.366. The Labute approximate surface area is 78.5 Å². The molecule has 0 unspecified atom stereocenters. The van der Waals surface area contributed by atoms with Crippen LogP contribution in [0.25, 0.3) is 0 Å². The summed E-state index contributed by atoms with van der Waals surface area (Å²) in [6, 6.07) is 8.41. The lowest BCUT2D eigenvalue weighted by Crippen LogP contribution is -2.01. The molecule has 0 aromatic heterocycles. The van der Waals surface area contributed by atoms with Crippen LogP contribution in [0, 0.1) is 6.92 Å². The lowest BCUT2D eigenvalue weighted by molar-refractivity contribution is 0.104. The van der Waals surface area contributed by atoms with E-state index in [1.807, 2.05) is 0 Å². The monoisotopic (exact) mass is 178 g/mol. The Balaban J connectivity index is 1.76. The average molecular weight is 178 g/mol. The Morgan fingerprint density at radius 1 is 1.38 bits per heavy atom. The van der Waals surface area contributed by atoms with Crippen LogP contribution in [0.2, 0.25) is 0 Å². The second-order valence-electron chi connectivity index (χ2n) is 3.46. The third kappa shape index (κ3) is 2.83. The van der Waals surface area contributed by atoms with Crippen LogP contribution in [0.3, 0.4) is 0 Å². The molecule has 1 fully saturated rings. The molecule has 0 N–H and O–H groups in total. The van der Waals surface area contributed by atoms with E-state index in [0.29, 0.717) is 12.7 Å². The number of aryl methyl sites for hydroxylation is 1. The topological polar surface area (TPSA) is 21.8 Å². The summed E-state index contributed by atoms with van der Waals surface area (Å²) < 4.78 is 10.5. The molecular weight excluding hydrogens is 164 g/mol. The van der Waals surface area contributed by atoms with E-state index >= 15 is 0 Å². The molecule has 0 saturated carbocycles. The van der Waals surface area contributed by atoms with Gasteiger partial charge in [0, 0.05) is 0 Å². The molecule has 0 bridgehead atoms. The molecular formula is C11H14O2. The Kier molecular flexibility index (Phi) is 2.62. The summed E-state index contributed by atoms with van der Waals surface area (Å²) >= 11 is 0. The molecule has 13 heavy (non-hydrogen) atoms. The first kappa shape index (κ1) is 8.73. The maximum Gasteiger partial charge on any atom is 0.104 e. The molecule has 0 amide bonds. The van der Waals surface area contributed by atoms with Gasteiger partial charge in [-0.25, -0.2) is 0 Å². The van der Waals surface area contributed by atoms with E-state index in [1.165, 1.54) is 11.1 Å². The Hall–Kier alpha value is -0.860. The highest BCUT2D eigenvalue weighted by atomic mass is 16.6. The highest BCUT2D eigenvalue weighted by molar-refractivity contribution is 5.20. The molecule has 1 heterocycles. The number of benzene rings is 1. The predicted octanol–water partition coefficient (Wildman–Crippen LogP) is 1.91. The molecule has 1 aromatic rings. The van der Waals surface area contributed by atoms with Crippen LogP contribution in [0.1, 0.15) is 11.1 Å². The van der Waals surface area contributed by atoms with Gasteiger partial charge in [0.05, 0.1) is 19.8 Å². The number of hydrogen-bond acceptors (Lipinski definition) is 2. The van der Waals surface area contributed by atoms with Crippen molar-refractivity contribution in [2.75, 3.05) is 13.2 Å². The van der Waals surface area contributed by atoms with Crippen LogP contribution in [0.5, 0.6) is 0 Å². The van der Waals surface area contributed by atoms with Gasteiger partial charge in [-0.05, 0) is 12.5 Å². The van der Waals surface area contributed by atoms with Gasteiger partial charge in [0.15, 0.2) is 0 Å². The fraction of sp³-hybridized carbons (Fsp3) is 0.455. The van der Waals surface area contributed by atoms with Crippen LogP contribution < -0.4 is 0 Å². The van der Waals surface area contributed by atoms with E-state index in [-0.39, 0.29) is 0 Å². The van der Waals surface area contributed by atoms with Gasteiger partial charge in [-0.15, -0.1) is 0 Å². The van der Waals surface area contributed by atoms with Crippen molar-refractivity contribution in [3.63, 3.8) is 0 Å². The molecule has 1 atom stereocenters. The number of hydrogen-bond donors (Lipinski definition) is 0. The second kappa shape index (κ2) is 3.90. The standard InChI is InChI=1S/C11H14O2/c1-9-2-4-10(5-3-9)6-12-7-11-8-13-11/h2-5,11H,6-8H2,1H3/t11-/m0/s1. The fourth-order valence-corrected chi connectivity index (χ4v) is 1.16. The zero-order valence-corrected chi connectivity index (χ0v) is 7.82. The van der Waals surface area contributed by atoms with E-state index in [9.17, 15) is 0 Å². The number of ether oxygens (including phenoxy) is 2. The molecule has 1 aliphatic heterocycles. The van der Waals surface area contributed by atoms with Crippen molar-refractivity contribution in [3.8, 4) is 0 Å². The van der Waals surface area contributed by atoms with Gasteiger partial charge < -0.3 is 9.47 Å². The average Bonchev–Trinajstić information content (AvgIpc) is 2.92. The minimum Gasteiger partial charge on any atom is -0.374 e. The van der Waals surface area contributed by atoms with Gasteiger partial charge in [0.1, 0.15) is 6.10 Å². The summed E-state index contributed by atoms with van der Waals surface area (Å²) in [6.45, 7) is 4.38. The molecule has 2 nitrogen and oxygen atoms in total. The van der Waals surface area contributed by atoms with Crippen LogP contribution in [-0.4, -0.2) is 19.3 Å². The SMILES string of the molecule is Cc1ccc(COC[C@H]2CO2)cc1. The van der Waals surface area contributed by atoms with Crippen molar-refractivity contribution in [1.82, 2.24) is 0 Å². The molecule has 0 aliphatic carbocycles. The summed E-state index contributed by atoms with van der Waals surface area (Å²) in [6.07, 6.45) is 0.366. The first-order valence-electron chi connectivity index (χ1n) is 4.59. The van der Waals surface area contributed by atoms with Crippen molar-refractivity contribution in [1.29, 1.82) is 0 Å². The quantitative estimate of drug-likeness (QED) is 0.657. The smallest absolute Gasteiger partial charge is 0.104 e. The zero-order valence-electron chi connectivity index (χ0n) is 7.82. The van der Waals surface area contributed by atoms with Crippen molar-refractivity contribution in [2.45, 2.75) is 19.6 Å². The Bertz CT molecular complexity index is 262. The lowest BCUT2D eigenvalue weighted by atomic mass is 10.2. The van der Waals surface area contributed by atoms with Crippen LogP contribution in [-0.2, 0) is 16.1 Å². The van der Waals surface area contributed by atoms with Gasteiger partial charge in [-0.2, -0.15) is 0 Å². The van der Waals surface area contributed by atoms with Crippen LogP contribution in [0.15, 0.2) is 24.3 Å². The van der Waals surface area contributed by atoms with Gasteiger partial charge >= 0.3 is 0 Å². The molecule has 1 saturated heterocycles. The van der Waals surface area contributed by atoms with Crippen molar-refractivity contribution in [2.24, 2.45) is 0 Å². The molecule has 2 rings (SSSR count). The third-order valence-electron chi connectivity index (χ3n) is 2.10. The van der Waals surface area contributed by atoms with E-state index < -0.39 is 0 Å². The highest BCUT2D eigenvalue weighted by Gasteiger charge is 2.21. The Morgan fingerprint density at radius 2 is 2.08 bits per heavy atom. The maximum absolute atomic E-state index is 5.46. The molecule has 70 valence electrons. The summed E-state index contributed by atoms with van der Waals surface area (Å²) in [5, 5.41) is 0. The number of epoxide rings is 1. The largest absolute Gasteiger partial charge is 0.374 e. The minimum atomic E-state index is 0.366. The van der Waals surface area contributed by atoms with Crippen molar-refractivity contribution in [3.05, 3.63) is 35.4 Å². The first-order chi connectivity index (χ1) is 6.34. The predicted molar refractivity (Wildman–Crippen MR) is 50.6 cm³/mol. The zero-order chi connectivity index (χ0) is 9.10. The highest BCUT2D eigenvalue weighted by Crippen LogP contribution is 2.10. The lowest BCUT2D eigenvalue weighted by Gasteiger charge is -2.02. The third-order valence-corrected chi connectivity index (χ3v) is 2.10. The summed E-state index contributed by atoms with van der Waals surface area (Å²) in [4.78, 5) is 0. The fourth-order valence-electron chi connectivity index (χ4n) is 1.16. The van der Waals surface area contributed by atoms with Gasteiger partial charge in [-0.3, -0.25) is 0 Å². The summed E-state index contributed by atoms with van der Waals surface area (Å²) in [7, 11) is 0.